The Morgan fingerprint density at radius 2 is 1.93 bits per heavy atom. The van der Waals surface area contributed by atoms with Crippen LogP contribution in [0.3, 0.4) is 0 Å². The number of nitrogens with zero attached hydrogens (tertiary/aromatic N) is 3. The van der Waals surface area contributed by atoms with Gasteiger partial charge in [0.05, 0.1) is 12.7 Å². The second kappa shape index (κ2) is 9.79. The van der Waals surface area contributed by atoms with Gasteiger partial charge >= 0.3 is 0 Å². The number of fused-ring (bicyclic) bond motifs is 1. The minimum atomic E-state index is 0. The fourth-order valence-corrected chi connectivity index (χ4v) is 5.58. The zero-order chi connectivity index (χ0) is 18.9. The van der Waals surface area contributed by atoms with Crippen LogP contribution >= 0.6 is 24.0 Å². The second-order valence-electron chi connectivity index (χ2n) is 9.36. The number of halogens is 1. The maximum Gasteiger partial charge on any atom is 0.194 e. The Balaban J connectivity index is 0.00000225. The van der Waals surface area contributed by atoms with Gasteiger partial charge in [0.2, 0.25) is 0 Å². The van der Waals surface area contributed by atoms with E-state index < -0.39 is 0 Å². The van der Waals surface area contributed by atoms with Gasteiger partial charge in [-0.15, -0.1) is 24.0 Å². The molecule has 0 aromatic carbocycles. The molecule has 6 nitrogen and oxygen atoms in total. The Bertz CT molecular complexity index is 530. The molecule has 0 radical (unpaired) electrons. The van der Waals surface area contributed by atoms with Crippen LogP contribution in [0.2, 0.25) is 0 Å². The van der Waals surface area contributed by atoms with Crippen LogP contribution in [0.1, 0.15) is 40.0 Å². The van der Waals surface area contributed by atoms with E-state index in [9.17, 15) is 0 Å². The lowest BCUT2D eigenvalue weighted by Crippen LogP contribution is -2.71. The van der Waals surface area contributed by atoms with Crippen molar-refractivity contribution in [2.24, 2.45) is 22.2 Å². The molecule has 0 aromatic heterocycles. The van der Waals surface area contributed by atoms with Gasteiger partial charge in [-0.05, 0) is 32.1 Å². The molecule has 4 aliphatic rings. The highest BCUT2D eigenvalue weighted by molar-refractivity contribution is 14.0. The minimum Gasteiger partial charge on any atom is -0.381 e. The molecule has 3 heterocycles. The molecule has 4 rings (SSSR count). The number of nitrogens with one attached hydrogen (secondary N) is 1. The monoisotopic (exact) mass is 506 g/mol. The van der Waals surface area contributed by atoms with Gasteiger partial charge in [0.25, 0.3) is 0 Å². The number of guanidine groups is 1. The molecule has 3 aliphatic heterocycles. The van der Waals surface area contributed by atoms with Gasteiger partial charge < -0.3 is 19.7 Å². The first-order valence-corrected chi connectivity index (χ1v) is 11.1. The van der Waals surface area contributed by atoms with Crippen molar-refractivity contribution >= 4 is 29.9 Å². The summed E-state index contributed by atoms with van der Waals surface area (Å²) in [5.41, 5.74) is 0.184. The third kappa shape index (κ3) is 4.62. The molecule has 162 valence electrons. The highest BCUT2D eigenvalue weighted by Crippen LogP contribution is 2.51. The molecule has 0 spiro atoms. The Labute approximate surface area is 187 Å². The summed E-state index contributed by atoms with van der Waals surface area (Å²) in [7, 11) is 0. The van der Waals surface area contributed by atoms with Crippen molar-refractivity contribution in [2.45, 2.75) is 52.2 Å². The first kappa shape index (κ1) is 22.6. The SMILES string of the molecule is CCN=C(NC1C2CCCOC2C1(C)C)N1CCN(CC2CCOC2)CC1.I. The van der Waals surface area contributed by atoms with Crippen molar-refractivity contribution in [3.05, 3.63) is 0 Å². The molecule has 1 aliphatic carbocycles. The van der Waals surface area contributed by atoms with Gasteiger partial charge in [-0.1, -0.05) is 13.8 Å². The molecule has 0 bridgehead atoms. The maximum absolute atomic E-state index is 6.08. The molecular weight excluding hydrogens is 467 g/mol. The van der Waals surface area contributed by atoms with E-state index in [1.807, 2.05) is 0 Å². The molecule has 28 heavy (non-hydrogen) atoms. The summed E-state index contributed by atoms with van der Waals surface area (Å²) < 4.78 is 11.6. The van der Waals surface area contributed by atoms with Crippen LogP contribution in [0.5, 0.6) is 0 Å². The summed E-state index contributed by atoms with van der Waals surface area (Å²) in [4.78, 5) is 9.93. The van der Waals surface area contributed by atoms with Crippen LogP contribution in [-0.4, -0.2) is 87.0 Å². The van der Waals surface area contributed by atoms with Gasteiger partial charge in [-0.2, -0.15) is 0 Å². The third-order valence-electron chi connectivity index (χ3n) is 7.14. The van der Waals surface area contributed by atoms with Crippen LogP contribution in [0.15, 0.2) is 4.99 Å². The number of hydrogen-bond donors (Lipinski definition) is 1. The van der Waals surface area contributed by atoms with Gasteiger partial charge in [0, 0.05) is 69.9 Å². The van der Waals surface area contributed by atoms with Crippen molar-refractivity contribution in [2.75, 3.05) is 59.1 Å². The van der Waals surface area contributed by atoms with Crippen molar-refractivity contribution in [1.29, 1.82) is 0 Å². The van der Waals surface area contributed by atoms with Gasteiger partial charge in [-0.3, -0.25) is 9.89 Å². The molecule has 0 amide bonds. The van der Waals surface area contributed by atoms with E-state index in [1.54, 1.807) is 0 Å². The van der Waals surface area contributed by atoms with Crippen LogP contribution in [-0.2, 0) is 9.47 Å². The van der Waals surface area contributed by atoms with Crippen LogP contribution in [0, 0.1) is 17.3 Å². The van der Waals surface area contributed by atoms with E-state index in [0.29, 0.717) is 18.1 Å². The lowest BCUT2D eigenvalue weighted by Gasteiger charge is -2.60. The zero-order valence-electron chi connectivity index (χ0n) is 17.9. The highest BCUT2D eigenvalue weighted by atomic mass is 127. The molecule has 0 aromatic rings. The quantitative estimate of drug-likeness (QED) is 0.361. The Morgan fingerprint density at radius 3 is 2.61 bits per heavy atom. The predicted octanol–water partition coefficient (Wildman–Crippen LogP) is 2.43. The Morgan fingerprint density at radius 1 is 1.14 bits per heavy atom. The highest BCUT2D eigenvalue weighted by Gasteiger charge is 2.58. The topological polar surface area (TPSA) is 49.3 Å². The van der Waals surface area contributed by atoms with E-state index in [4.69, 9.17) is 14.5 Å². The summed E-state index contributed by atoms with van der Waals surface area (Å²) in [5.74, 6) is 2.49. The summed E-state index contributed by atoms with van der Waals surface area (Å²) in [6.07, 6.45) is 4.12. The lowest BCUT2D eigenvalue weighted by molar-refractivity contribution is -0.188. The normalized spacial score (nSPS) is 35.7. The van der Waals surface area contributed by atoms with Crippen LogP contribution < -0.4 is 5.32 Å². The van der Waals surface area contributed by atoms with E-state index in [2.05, 4.69) is 35.9 Å². The predicted molar refractivity (Wildman–Crippen MR) is 123 cm³/mol. The van der Waals surface area contributed by atoms with E-state index in [0.717, 1.165) is 64.4 Å². The number of aliphatic imine (C=N–C) groups is 1. The molecule has 1 saturated carbocycles. The second-order valence-corrected chi connectivity index (χ2v) is 9.36. The van der Waals surface area contributed by atoms with E-state index in [1.165, 1.54) is 25.8 Å². The zero-order valence-corrected chi connectivity index (χ0v) is 20.2. The third-order valence-corrected chi connectivity index (χ3v) is 7.14. The molecule has 7 heteroatoms. The molecule has 4 unspecified atom stereocenters. The number of piperazine rings is 1. The summed E-state index contributed by atoms with van der Waals surface area (Å²) >= 11 is 0. The molecule has 4 atom stereocenters. The first-order valence-electron chi connectivity index (χ1n) is 11.1. The lowest BCUT2D eigenvalue weighted by atomic mass is 9.55. The number of rotatable bonds is 4. The van der Waals surface area contributed by atoms with E-state index in [-0.39, 0.29) is 29.4 Å². The van der Waals surface area contributed by atoms with Gasteiger partial charge in [0.1, 0.15) is 0 Å². The van der Waals surface area contributed by atoms with Gasteiger partial charge in [-0.25, -0.2) is 0 Å². The van der Waals surface area contributed by atoms with E-state index >= 15 is 0 Å². The molecule has 3 saturated heterocycles. The number of ether oxygens (including phenoxy) is 2. The average molecular weight is 506 g/mol. The average Bonchev–Trinajstić information content (AvgIpc) is 3.19. The standard InChI is InChI=1S/C21H38N4O2.HI/c1-4-22-20(23-18-17-6-5-12-27-19(17)21(18,2)3)25-10-8-24(9-11-25)14-16-7-13-26-15-16;/h16-19H,4-15H2,1-3H3,(H,22,23);1H. The fourth-order valence-electron chi connectivity index (χ4n) is 5.58. The Kier molecular flexibility index (Phi) is 7.89. The fraction of sp³-hybridized carbons (Fsp3) is 0.952. The van der Waals surface area contributed by atoms with Crippen molar-refractivity contribution in [3.63, 3.8) is 0 Å². The summed E-state index contributed by atoms with van der Waals surface area (Å²) in [6, 6.07) is 0.474. The minimum absolute atomic E-state index is 0. The molecular formula is C21H39IN4O2. The van der Waals surface area contributed by atoms with Crippen molar-refractivity contribution in [1.82, 2.24) is 15.1 Å². The smallest absolute Gasteiger partial charge is 0.194 e. The molecule has 1 N–H and O–H groups in total. The molecule has 4 fully saturated rings. The number of hydrogen-bond acceptors (Lipinski definition) is 4. The largest absolute Gasteiger partial charge is 0.381 e. The van der Waals surface area contributed by atoms with Crippen molar-refractivity contribution < 1.29 is 9.47 Å². The first-order chi connectivity index (χ1) is 13.1. The summed E-state index contributed by atoms with van der Waals surface area (Å²) in [6.45, 7) is 16.1. The summed E-state index contributed by atoms with van der Waals surface area (Å²) in [5, 5.41) is 3.86. The van der Waals surface area contributed by atoms with Gasteiger partial charge in [0.15, 0.2) is 5.96 Å². The van der Waals surface area contributed by atoms with Crippen LogP contribution in [0.25, 0.3) is 0 Å². The maximum atomic E-state index is 6.08. The van der Waals surface area contributed by atoms with Crippen LogP contribution in [0.4, 0.5) is 0 Å². The van der Waals surface area contributed by atoms with Crippen molar-refractivity contribution in [3.8, 4) is 0 Å². The Hall–Kier alpha value is -0.120.